The standard InChI is InChI=1S/C29H39BrN2O7S/c1-6-8-14-29(7-2)18-32(21-11-9-20(10-12-21)31-27(35)39-28(3,4)5)23-16-22(30)24(38-15-13-26(33)34)17-25(23)40(36,37)19-29/h9-13,15-17,36-37H,6-8,14,18-19H2,1-5H3,(H,31,35)(H,33,34)/b15-13+. The van der Waals surface area contributed by atoms with Crippen LogP contribution < -0.4 is 15.0 Å². The van der Waals surface area contributed by atoms with Crippen LogP contribution in [0.4, 0.5) is 21.9 Å². The Labute approximate surface area is 246 Å². The number of carboxylic acids is 1. The molecule has 11 heteroatoms. The fourth-order valence-electron chi connectivity index (χ4n) is 4.69. The molecule has 1 atom stereocenters. The Hall–Kier alpha value is -2.73. The highest BCUT2D eigenvalue weighted by Crippen LogP contribution is 2.62. The second-order valence-electron chi connectivity index (χ2n) is 11.0. The zero-order chi connectivity index (χ0) is 29.7. The first-order chi connectivity index (χ1) is 18.7. The minimum Gasteiger partial charge on any atom is -0.478 e. The third kappa shape index (κ3) is 8.15. The molecule has 1 unspecified atom stereocenters. The predicted octanol–water partition coefficient (Wildman–Crippen LogP) is 8.62. The van der Waals surface area contributed by atoms with Crippen LogP contribution in [-0.2, 0) is 9.53 Å². The van der Waals surface area contributed by atoms with Crippen LogP contribution in [0, 0.1) is 5.41 Å². The number of ether oxygens (including phenoxy) is 2. The van der Waals surface area contributed by atoms with Gasteiger partial charge in [-0.3, -0.25) is 14.4 Å². The monoisotopic (exact) mass is 638 g/mol. The molecule has 0 bridgehead atoms. The van der Waals surface area contributed by atoms with Crippen LogP contribution in [0.3, 0.4) is 0 Å². The molecule has 9 nitrogen and oxygen atoms in total. The molecule has 0 fully saturated rings. The maximum absolute atomic E-state index is 12.3. The van der Waals surface area contributed by atoms with Gasteiger partial charge in [0.1, 0.15) is 11.4 Å². The second kappa shape index (κ2) is 12.8. The van der Waals surface area contributed by atoms with Gasteiger partial charge in [-0.1, -0.05) is 26.7 Å². The van der Waals surface area contributed by atoms with Crippen molar-refractivity contribution in [3.8, 4) is 5.75 Å². The number of anilines is 3. The first-order valence-electron chi connectivity index (χ1n) is 13.2. The Morgan fingerprint density at radius 1 is 1.18 bits per heavy atom. The van der Waals surface area contributed by atoms with Gasteiger partial charge in [0.15, 0.2) is 0 Å². The van der Waals surface area contributed by atoms with E-state index in [9.17, 15) is 18.7 Å². The molecule has 220 valence electrons. The fraction of sp³-hybridized carbons (Fsp3) is 0.448. The van der Waals surface area contributed by atoms with Gasteiger partial charge in [0.25, 0.3) is 0 Å². The van der Waals surface area contributed by atoms with Gasteiger partial charge in [-0.15, -0.1) is 0 Å². The number of carboxylic acid groups (broad SMARTS) is 1. The molecule has 1 amide bonds. The summed E-state index contributed by atoms with van der Waals surface area (Å²) in [5.41, 5.74) is 0.998. The number of hydrogen-bond donors (Lipinski definition) is 4. The molecule has 3 rings (SSSR count). The number of hydrogen-bond acceptors (Lipinski definition) is 7. The molecular formula is C29H39BrN2O7S. The summed E-state index contributed by atoms with van der Waals surface area (Å²) in [5, 5.41) is 11.7. The summed E-state index contributed by atoms with van der Waals surface area (Å²) in [6.45, 7) is 10.1. The first-order valence-corrected chi connectivity index (χ1v) is 15.7. The molecule has 4 N–H and O–H groups in total. The number of carbonyl (C=O) groups excluding carboxylic acids is 1. The zero-order valence-corrected chi connectivity index (χ0v) is 26.0. The highest BCUT2D eigenvalue weighted by atomic mass is 79.9. The van der Waals surface area contributed by atoms with E-state index in [0.29, 0.717) is 27.3 Å². The Balaban J connectivity index is 2.08. The Bertz CT molecular complexity index is 1240. The van der Waals surface area contributed by atoms with Gasteiger partial charge in [0.05, 0.1) is 27.4 Å². The summed E-state index contributed by atoms with van der Waals surface area (Å²) in [7, 11) is -3.25. The van der Waals surface area contributed by atoms with Crippen molar-refractivity contribution in [1.82, 2.24) is 0 Å². The number of aliphatic carboxylic acids is 1. The second-order valence-corrected chi connectivity index (χ2v) is 14.0. The third-order valence-corrected chi connectivity index (χ3v) is 9.36. The zero-order valence-electron chi connectivity index (χ0n) is 23.6. The quantitative estimate of drug-likeness (QED) is 0.159. The van der Waals surface area contributed by atoms with Gasteiger partial charge in [-0.25, -0.2) is 9.59 Å². The van der Waals surface area contributed by atoms with Gasteiger partial charge in [0.2, 0.25) is 0 Å². The summed E-state index contributed by atoms with van der Waals surface area (Å²) in [6, 6.07) is 10.7. The number of nitrogens with zero attached hydrogens (tertiary/aromatic N) is 1. The van der Waals surface area contributed by atoms with Crippen molar-refractivity contribution in [2.45, 2.75) is 70.8 Å². The van der Waals surface area contributed by atoms with Gasteiger partial charge in [-0.05, 0) is 79.9 Å². The summed E-state index contributed by atoms with van der Waals surface area (Å²) in [5.74, 6) is -0.690. The molecule has 1 heterocycles. The summed E-state index contributed by atoms with van der Waals surface area (Å²) >= 11 is 3.51. The van der Waals surface area contributed by atoms with Crippen LogP contribution in [0.25, 0.3) is 0 Å². The molecular weight excluding hydrogens is 600 g/mol. The number of benzene rings is 2. The van der Waals surface area contributed by atoms with Crippen LogP contribution >= 0.6 is 26.5 Å². The third-order valence-electron chi connectivity index (χ3n) is 6.70. The largest absolute Gasteiger partial charge is 0.478 e. The van der Waals surface area contributed by atoms with E-state index >= 15 is 0 Å². The molecule has 1 aliphatic heterocycles. The molecule has 0 aliphatic carbocycles. The number of carbonyl (C=O) groups is 2. The van der Waals surface area contributed by atoms with Crippen molar-refractivity contribution in [3.63, 3.8) is 0 Å². The Morgan fingerprint density at radius 3 is 2.42 bits per heavy atom. The van der Waals surface area contributed by atoms with E-state index in [0.717, 1.165) is 43.7 Å². The average molecular weight is 640 g/mol. The SMILES string of the molecule is CCCCC1(CC)CN(c2ccc(NC(=O)OC(C)(C)C)cc2)c2cc(Br)c(O/C=C/C(=O)O)cc2S(O)(O)C1. The van der Waals surface area contributed by atoms with Gasteiger partial charge in [0, 0.05) is 35.2 Å². The first kappa shape index (κ1) is 31.8. The van der Waals surface area contributed by atoms with E-state index in [1.165, 1.54) is 0 Å². The summed E-state index contributed by atoms with van der Waals surface area (Å²) in [6.07, 6.45) is 4.86. The Kier molecular flexibility index (Phi) is 10.2. The highest BCUT2D eigenvalue weighted by molar-refractivity contribution is 9.10. The fourth-order valence-corrected chi connectivity index (χ4v) is 7.37. The molecule has 0 radical (unpaired) electrons. The van der Waals surface area contributed by atoms with E-state index in [2.05, 4.69) is 40.0 Å². The van der Waals surface area contributed by atoms with Crippen molar-refractivity contribution in [3.05, 3.63) is 53.2 Å². The number of nitrogens with one attached hydrogen (secondary N) is 1. The van der Waals surface area contributed by atoms with Gasteiger partial charge < -0.3 is 19.5 Å². The van der Waals surface area contributed by atoms with Crippen LogP contribution in [-0.4, -0.2) is 44.2 Å². The minimum absolute atomic E-state index is 0.199. The number of unbranched alkanes of at least 4 members (excludes halogenated alkanes) is 1. The van der Waals surface area contributed by atoms with Gasteiger partial charge >= 0.3 is 12.1 Å². The molecule has 0 aromatic heterocycles. The number of amides is 1. The van der Waals surface area contributed by atoms with Crippen LogP contribution in [0.5, 0.6) is 5.75 Å². The van der Waals surface area contributed by atoms with E-state index in [1.807, 2.05) is 12.1 Å². The lowest BCUT2D eigenvalue weighted by molar-refractivity contribution is -0.131. The topological polar surface area (TPSA) is 129 Å². The molecule has 0 saturated carbocycles. The van der Waals surface area contributed by atoms with E-state index in [-0.39, 0.29) is 16.9 Å². The van der Waals surface area contributed by atoms with E-state index in [1.54, 1.807) is 45.0 Å². The predicted molar refractivity (Wildman–Crippen MR) is 163 cm³/mol. The minimum atomic E-state index is -3.25. The van der Waals surface area contributed by atoms with Crippen molar-refractivity contribution >= 4 is 55.6 Å². The van der Waals surface area contributed by atoms with E-state index < -0.39 is 28.3 Å². The molecule has 40 heavy (non-hydrogen) atoms. The molecule has 0 spiro atoms. The number of halogens is 1. The lowest BCUT2D eigenvalue weighted by atomic mass is 9.81. The average Bonchev–Trinajstić information content (AvgIpc) is 2.94. The number of fused-ring (bicyclic) bond motifs is 1. The lowest BCUT2D eigenvalue weighted by Gasteiger charge is -2.41. The normalized spacial score (nSPS) is 19.4. The van der Waals surface area contributed by atoms with Crippen molar-refractivity contribution < 1.29 is 33.3 Å². The molecule has 1 aliphatic rings. The smallest absolute Gasteiger partial charge is 0.412 e. The molecule has 2 aromatic rings. The summed E-state index contributed by atoms with van der Waals surface area (Å²) in [4.78, 5) is 25.6. The maximum Gasteiger partial charge on any atom is 0.412 e. The van der Waals surface area contributed by atoms with Crippen molar-refractivity contribution in [2.75, 3.05) is 22.5 Å². The molecule has 0 saturated heterocycles. The summed E-state index contributed by atoms with van der Waals surface area (Å²) < 4.78 is 34.6. The molecule has 2 aromatic carbocycles. The highest BCUT2D eigenvalue weighted by Gasteiger charge is 2.42. The van der Waals surface area contributed by atoms with Gasteiger partial charge in [-0.2, -0.15) is 10.6 Å². The lowest BCUT2D eigenvalue weighted by Crippen LogP contribution is -2.37. The number of rotatable bonds is 9. The van der Waals surface area contributed by atoms with Crippen LogP contribution in [0.2, 0.25) is 0 Å². The maximum atomic E-state index is 12.3. The van der Waals surface area contributed by atoms with Crippen molar-refractivity contribution in [1.29, 1.82) is 0 Å². The van der Waals surface area contributed by atoms with Crippen LogP contribution in [0.1, 0.15) is 60.3 Å². The van der Waals surface area contributed by atoms with Crippen molar-refractivity contribution in [2.24, 2.45) is 5.41 Å². The van der Waals surface area contributed by atoms with Crippen LogP contribution in [0.15, 0.2) is 58.1 Å². The Morgan fingerprint density at radius 2 is 1.85 bits per heavy atom. The van der Waals surface area contributed by atoms with E-state index in [4.69, 9.17) is 14.6 Å².